The summed E-state index contributed by atoms with van der Waals surface area (Å²) in [4.78, 5) is 14.6. The third-order valence-electron chi connectivity index (χ3n) is 4.44. The Morgan fingerprint density at radius 1 is 1.12 bits per heavy atom. The first kappa shape index (κ1) is 17.9. The van der Waals surface area contributed by atoms with Gasteiger partial charge in [0.15, 0.2) is 0 Å². The molecule has 1 aromatic heterocycles. The Hall–Kier alpha value is -2.92. The molecule has 0 aliphatic heterocycles. The predicted molar refractivity (Wildman–Crippen MR) is 101 cm³/mol. The van der Waals surface area contributed by atoms with Crippen molar-refractivity contribution in [2.75, 3.05) is 13.7 Å². The molecule has 5 heteroatoms. The highest BCUT2D eigenvalue weighted by atomic mass is 16.3. The Bertz CT molecular complexity index is 831. The van der Waals surface area contributed by atoms with Crippen LogP contribution in [0.2, 0.25) is 0 Å². The number of carbonyl (C=O) groups is 1. The highest BCUT2D eigenvalue weighted by Gasteiger charge is 2.23. The summed E-state index contributed by atoms with van der Waals surface area (Å²) in [6.45, 7) is 0.640. The largest absolute Gasteiger partial charge is 0.396 e. The molecule has 0 radical (unpaired) electrons. The van der Waals surface area contributed by atoms with E-state index in [-0.39, 0.29) is 18.6 Å². The summed E-state index contributed by atoms with van der Waals surface area (Å²) in [5.41, 5.74) is 2.68. The number of aliphatic hydroxyl groups is 1. The van der Waals surface area contributed by atoms with Crippen molar-refractivity contribution < 1.29 is 9.90 Å². The second-order valence-electron chi connectivity index (χ2n) is 6.27. The molecule has 0 bridgehead atoms. The highest BCUT2D eigenvalue weighted by molar-refractivity contribution is 5.93. The lowest BCUT2D eigenvalue weighted by atomic mass is 10.0. The molecule has 0 spiro atoms. The van der Waals surface area contributed by atoms with Crippen LogP contribution in [0.5, 0.6) is 0 Å². The molecular weight excluding hydrogens is 326 g/mol. The SMILES string of the molecule is CN(C(=O)c1cnn(Cc2ccccc2)c1)C(CCO)c1ccccc1. The fraction of sp³-hybridized carbons (Fsp3) is 0.238. The van der Waals surface area contributed by atoms with E-state index in [1.54, 1.807) is 29.0 Å². The molecule has 1 atom stereocenters. The first-order chi connectivity index (χ1) is 12.7. The molecule has 1 unspecified atom stereocenters. The van der Waals surface area contributed by atoms with Crippen molar-refractivity contribution in [2.24, 2.45) is 0 Å². The quantitative estimate of drug-likeness (QED) is 0.713. The summed E-state index contributed by atoms with van der Waals surface area (Å²) in [5, 5.41) is 13.7. The number of nitrogens with zero attached hydrogens (tertiary/aromatic N) is 3. The van der Waals surface area contributed by atoms with Crippen molar-refractivity contribution >= 4 is 5.91 Å². The van der Waals surface area contributed by atoms with Crippen LogP contribution in [0, 0.1) is 0 Å². The molecule has 3 aromatic rings. The van der Waals surface area contributed by atoms with Crippen LogP contribution >= 0.6 is 0 Å². The zero-order chi connectivity index (χ0) is 18.4. The third-order valence-corrected chi connectivity index (χ3v) is 4.44. The number of benzene rings is 2. The Morgan fingerprint density at radius 3 is 2.42 bits per heavy atom. The standard InChI is InChI=1S/C21H23N3O2/c1-23(20(12-13-25)18-10-6-3-7-11-18)21(26)19-14-22-24(16-19)15-17-8-4-2-5-9-17/h2-11,14,16,20,25H,12-13,15H2,1H3. The average molecular weight is 349 g/mol. The zero-order valence-corrected chi connectivity index (χ0v) is 14.8. The van der Waals surface area contributed by atoms with Gasteiger partial charge in [-0.1, -0.05) is 60.7 Å². The van der Waals surface area contributed by atoms with Crippen LogP contribution in [-0.2, 0) is 6.54 Å². The van der Waals surface area contributed by atoms with Gasteiger partial charge in [-0.15, -0.1) is 0 Å². The van der Waals surface area contributed by atoms with E-state index in [4.69, 9.17) is 0 Å². The van der Waals surface area contributed by atoms with Crippen molar-refractivity contribution in [1.82, 2.24) is 14.7 Å². The maximum Gasteiger partial charge on any atom is 0.257 e. The van der Waals surface area contributed by atoms with E-state index in [1.807, 2.05) is 60.7 Å². The van der Waals surface area contributed by atoms with Crippen LogP contribution in [-0.4, -0.2) is 39.3 Å². The number of amides is 1. The van der Waals surface area contributed by atoms with Crippen molar-refractivity contribution in [2.45, 2.75) is 19.0 Å². The lowest BCUT2D eigenvalue weighted by molar-refractivity contribution is 0.0705. The van der Waals surface area contributed by atoms with Crippen LogP contribution in [0.15, 0.2) is 73.1 Å². The maximum atomic E-state index is 12.9. The van der Waals surface area contributed by atoms with Crippen LogP contribution in [0.4, 0.5) is 0 Å². The van der Waals surface area contributed by atoms with Crippen LogP contribution in [0.1, 0.15) is 33.9 Å². The number of carbonyl (C=O) groups excluding carboxylic acids is 1. The fourth-order valence-electron chi connectivity index (χ4n) is 3.06. The highest BCUT2D eigenvalue weighted by Crippen LogP contribution is 2.24. The molecule has 134 valence electrons. The van der Waals surface area contributed by atoms with Gasteiger partial charge in [0, 0.05) is 19.9 Å². The smallest absolute Gasteiger partial charge is 0.257 e. The maximum absolute atomic E-state index is 12.9. The average Bonchev–Trinajstić information content (AvgIpc) is 3.15. The number of aromatic nitrogens is 2. The molecule has 0 fully saturated rings. The summed E-state index contributed by atoms with van der Waals surface area (Å²) >= 11 is 0. The van der Waals surface area contributed by atoms with Gasteiger partial charge in [-0.05, 0) is 17.5 Å². The normalized spacial score (nSPS) is 11.9. The molecule has 0 aliphatic carbocycles. The van der Waals surface area contributed by atoms with Crippen LogP contribution in [0.3, 0.4) is 0 Å². The predicted octanol–water partition coefficient (Wildman–Crippen LogP) is 3.13. The van der Waals surface area contributed by atoms with Crippen molar-refractivity contribution in [3.8, 4) is 0 Å². The van der Waals surface area contributed by atoms with E-state index >= 15 is 0 Å². The molecule has 0 saturated heterocycles. The monoisotopic (exact) mass is 349 g/mol. The van der Waals surface area contributed by atoms with E-state index in [9.17, 15) is 9.90 Å². The first-order valence-corrected chi connectivity index (χ1v) is 8.68. The summed E-state index contributed by atoms with van der Waals surface area (Å²) < 4.78 is 1.76. The van der Waals surface area contributed by atoms with E-state index < -0.39 is 0 Å². The van der Waals surface area contributed by atoms with Crippen molar-refractivity contribution in [3.63, 3.8) is 0 Å². The van der Waals surface area contributed by atoms with Gasteiger partial charge in [0.25, 0.3) is 5.91 Å². The lowest BCUT2D eigenvalue weighted by Gasteiger charge is -2.28. The van der Waals surface area contributed by atoms with E-state index in [1.165, 1.54) is 0 Å². The summed E-state index contributed by atoms with van der Waals surface area (Å²) in [6.07, 6.45) is 3.86. The van der Waals surface area contributed by atoms with Gasteiger partial charge < -0.3 is 10.0 Å². The summed E-state index contributed by atoms with van der Waals surface area (Å²) in [5.74, 6) is -0.105. The molecule has 3 rings (SSSR count). The Labute approximate surface area is 153 Å². The minimum Gasteiger partial charge on any atom is -0.396 e. The van der Waals surface area contributed by atoms with Gasteiger partial charge in [0.1, 0.15) is 0 Å². The van der Waals surface area contributed by atoms with Gasteiger partial charge in [-0.2, -0.15) is 5.10 Å². The van der Waals surface area contributed by atoms with Crippen molar-refractivity contribution in [1.29, 1.82) is 0 Å². The Kier molecular flexibility index (Phi) is 5.81. The molecule has 0 aliphatic rings. The second kappa shape index (κ2) is 8.45. The number of hydrogen-bond donors (Lipinski definition) is 1. The number of hydrogen-bond acceptors (Lipinski definition) is 3. The molecule has 2 aromatic carbocycles. The van der Waals surface area contributed by atoms with Crippen molar-refractivity contribution in [3.05, 3.63) is 89.7 Å². The number of aliphatic hydroxyl groups excluding tert-OH is 1. The van der Waals surface area contributed by atoms with E-state index in [2.05, 4.69) is 5.10 Å². The zero-order valence-electron chi connectivity index (χ0n) is 14.8. The molecule has 1 N–H and O–H groups in total. The summed E-state index contributed by atoms with van der Waals surface area (Å²) in [7, 11) is 1.77. The molecule has 0 saturated carbocycles. The Morgan fingerprint density at radius 2 is 1.77 bits per heavy atom. The Balaban J connectivity index is 1.75. The minimum atomic E-state index is -0.175. The van der Waals surface area contributed by atoms with E-state index in [0.29, 0.717) is 18.5 Å². The summed E-state index contributed by atoms with van der Waals surface area (Å²) in [6, 6.07) is 19.6. The third kappa shape index (κ3) is 4.18. The molecule has 1 heterocycles. The topological polar surface area (TPSA) is 58.4 Å². The van der Waals surface area contributed by atoms with E-state index in [0.717, 1.165) is 11.1 Å². The van der Waals surface area contributed by atoms with Gasteiger partial charge in [-0.25, -0.2) is 0 Å². The molecule has 1 amide bonds. The van der Waals surface area contributed by atoms with Crippen LogP contribution in [0.25, 0.3) is 0 Å². The van der Waals surface area contributed by atoms with Gasteiger partial charge in [0.2, 0.25) is 0 Å². The fourth-order valence-corrected chi connectivity index (χ4v) is 3.06. The first-order valence-electron chi connectivity index (χ1n) is 8.68. The number of rotatable bonds is 7. The lowest BCUT2D eigenvalue weighted by Crippen LogP contribution is -2.31. The van der Waals surface area contributed by atoms with Gasteiger partial charge >= 0.3 is 0 Å². The van der Waals surface area contributed by atoms with Crippen LogP contribution < -0.4 is 0 Å². The molecule has 5 nitrogen and oxygen atoms in total. The second-order valence-corrected chi connectivity index (χ2v) is 6.27. The van der Waals surface area contributed by atoms with Gasteiger partial charge in [0.05, 0.1) is 24.3 Å². The molecular formula is C21H23N3O2. The molecule has 26 heavy (non-hydrogen) atoms. The van der Waals surface area contributed by atoms with Gasteiger partial charge in [-0.3, -0.25) is 9.48 Å². The minimum absolute atomic E-state index is 0.0183.